The zero-order chi connectivity index (χ0) is 26.3. The van der Waals surface area contributed by atoms with Crippen LogP contribution < -0.4 is 5.56 Å². The van der Waals surface area contributed by atoms with Gasteiger partial charge in [0.1, 0.15) is 5.69 Å². The van der Waals surface area contributed by atoms with Gasteiger partial charge in [-0.1, -0.05) is 53.5 Å². The molecule has 0 aliphatic heterocycles. The van der Waals surface area contributed by atoms with Gasteiger partial charge in [-0.15, -0.1) is 0 Å². The summed E-state index contributed by atoms with van der Waals surface area (Å²) in [5.74, 6) is -0.722. The van der Waals surface area contributed by atoms with Crippen LogP contribution in [0.1, 0.15) is 23.2 Å². The summed E-state index contributed by atoms with van der Waals surface area (Å²) in [5, 5.41) is 2.38. The van der Waals surface area contributed by atoms with Gasteiger partial charge in [0.15, 0.2) is 5.78 Å². The predicted molar refractivity (Wildman–Crippen MR) is 147 cm³/mol. The minimum absolute atomic E-state index is 0.0326. The van der Waals surface area contributed by atoms with Crippen molar-refractivity contribution in [2.75, 3.05) is 7.11 Å². The van der Waals surface area contributed by atoms with Crippen LogP contribution >= 0.6 is 23.2 Å². The SMILES string of the molecule is COC(=O)CCC(=O)c1cn(-c2c(-c3ccccc3)c3cc(Cl)ccc3n(C)c2=O)c2ccc(Cl)cc12. The van der Waals surface area contributed by atoms with E-state index in [1.54, 1.807) is 46.6 Å². The number of hydrogen-bond donors (Lipinski definition) is 0. The topological polar surface area (TPSA) is 70.3 Å². The molecular formula is C29H22Cl2N2O4. The van der Waals surface area contributed by atoms with Crippen molar-refractivity contribution in [3.05, 3.63) is 98.9 Å². The molecule has 37 heavy (non-hydrogen) atoms. The fourth-order valence-electron chi connectivity index (χ4n) is 4.69. The maximum Gasteiger partial charge on any atom is 0.305 e. The number of Topliss-reactive ketones (excluding diaryl/α,β-unsaturated/α-hetero) is 1. The first-order valence-electron chi connectivity index (χ1n) is 11.6. The van der Waals surface area contributed by atoms with Gasteiger partial charge in [0.25, 0.3) is 5.56 Å². The Morgan fingerprint density at radius 2 is 1.51 bits per heavy atom. The average Bonchev–Trinajstić information content (AvgIpc) is 3.27. The summed E-state index contributed by atoms with van der Waals surface area (Å²) in [6.07, 6.45) is 1.57. The van der Waals surface area contributed by atoms with E-state index in [0.717, 1.165) is 16.5 Å². The van der Waals surface area contributed by atoms with Gasteiger partial charge in [-0.3, -0.25) is 14.4 Å². The van der Waals surface area contributed by atoms with Crippen LogP contribution in [0.3, 0.4) is 0 Å². The van der Waals surface area contributed by atoms with Crippen LogP contribution in [0.15, 0.2) is 77.7 Å². The number of fused-ring (bicyclic) bond motifs is 2. The summed E-state index contributed by atoms with van der Waals surface area (Å²) in [4.78, 5) is 38.8. The van der Waals surface area contributed by atoms with Gasteiger partial charge >= 0.3 is 5.97 Å². The first-order valence-corrected chi connectivity index (χ1v) is 12.3. The highest BCUT2D eigenvalue weighted by Gasteiger charge is 2.23. The van der Waals surface area contributed by atoms with Gasteiger partial charge in [-0.05, 0) is 42.0 Å². The summed E-state index contributed by atoms with van der Waals surface area (Å²) in [6, 6.07) is 20.2. The summed E-state index contributed by atoms with van der Waals surface area (Å²) < 4.78 is 8.00. The second-order valence-electron chi connectivity index (χ2n) is 8.69. The van der Waals surface area contributed by atoms with Crippen molar-refractivity contribution in [1.82, 2.24) is 9.13 Å². The van der Waals surface area contributed by atoms with Gasteiger partial charge < -0.3 is 13.9 Å². The van der Waals surface area contributed by atoms with E-state index in [1.165, 1.54) is 7.11 Å². The highest BCUT2D eigenvalue weighted by molar-refractivity contribution is 6.32. The molecule has 0 aliphatic carbocycles. The number of aryl methyl sites for hydroxylation is 1. The van der Waals surface area contributed by atoms with Crippen molar-refractivity contribution in [3.8, 4) is 16.8 Å². The quantitative estimate of drug-likeness (QED) is 0.182. The van der Waals surface area contributed by atoms with E-state index in [-0.39, 0.29) is 24.2 Å². The molecule has 0 saturated heterocycles. The molecule has 186 valence electrons. The van der Waals surface area contributed by atoms with E-state index < -0.39 is 5.97 Å². The third-order valence-corrected chi connectivity index (χ3v) is 6.96. The maximum absolute atomic E-state index is 13.9. The first kappa shape index (κ1) is 24.8. The fourth-order valence-corrected chi connectivity index (χ4v) is 5.03. The van der Waals surface area contributed by atoms with Crippen molar-refractivity contribution in [2.45, 2.75) is 12.8 Å². The number of nitrogens with zero attached hydrogens (tertiary/aromatic N) is 2. The molecule has 5 aromatic rings. The highest BCUT2D eigenvalue weighted by Crippen LogP contribution is 2.36. The summed E-state index contributed by atoms with van der Waals surface area (Å²) in [7, 11) is 2.99. The van der Waals surface area contributed by atoms with Crippen LogP contribution in [0.5, 0.6) is 0 Å². The molecule has 0 aliphatic rings. The molecule has 6 nitrogen and oxygen atoms in total. The van der Waals surface area contributed by atoms with Crippen molar-refractivity contribution in [1.29, 1.82) is 0 Å². The zero-order valence-electron chi connectivity index (χ0n) is 20.1. The van der Waals surface area contributed by atoms with Crippen molar-refractivity contribution in [2.24, 2.45) is 7.05 Å². The fraction of sp³-hybridized carbons (Fsp3) is 0.138. The smallest absolute Gasteiger partial charge is 0.305 e. The first-order chi connectivity index (χ1) is 17.8. The number of ketones is 1. The predicted octanol–water partition coefficient (Wildman–Crippen LogP) is 6.59. The van der Waals surface area contributed by atoms with Crippen LogP contribution in [-0.4, -0.2) is 28.0 Å². The molecule has 0 atom stereocenters. The molecule has 0 saturated carbocycles. The second-order valence-corrected chi connectivity index (χ2v) is 9.56. The van der Waals surface area contributed by atoms with Crippen LogP contribution in [0.4, 0.5) is 0 Å². The zero-order valence-corrected chi connectivity index (χ0v) is 21.6. The largest absolute Gasteiger partial charge is 0.469 e. The monoisotopic (exact) mass is 532 g/mol. The molecule has 0 fully saturated rings. The third kappa shape index (κ3) is 4.43. The van der Waals surface area contributed by atoms with E-state index in [0.29, 0.717) is 37.8 Å². The molecule has 0 spiro atoms. The molecule has 3 aromatic carbocycles. The van der Waals surface area contributed by atoms with Gasteiger partial charge in [0, 0.05) is 51.6 Å². The number of carbonyl (C=O) groups is 2. The molecule has 0 radical (unpaired) electrons. The number of pyridine rings is 1. The third-order valence-electron chi connectivity index (χ3n) is 6.49. The van der Waals surface area contributed by atoms with E-state index in [4.69, 9.17) is 23.2 Å². The Hall–Kier alpha value is -3.87. The normalized spacial score (nSPS) is 11.2. The molecule has 0 bridgehead atoms. The maximum atomic E-state index is 13.9. The number of ether oxygens (including phenoxy) is 1. The molecular weight excluding hydrogens is 511 g/mol. The summed E-state index contributed by atoms with van der Waals surface area (Å²) in [5.41, 5.74) is 3.40. The lowest BCUT2D eigenvalue weighted by Crippen LogP contribution is -2.23. The molecule has 0 unspecified atom stereocenters. The Labute approximate surface area is 222 Å². The van der Waals surface area contributed by atoms with Gasteiger partial charge in [-0.2, -0.15) is 0 Å². The molecule has 0 amide bonds. The Bertz CT molecular complexity index is 1750. The Morgan fingerprint density at radius 3 is 2.19 bits per heavy atom. The van der Waals surface area contributed by atoms with Crippen LogP contribution in [-0.2, 0) is 16.6 Å². The Balaban J connectivity index is 1.86. The van der Waals surface area contributed by atoms with E-state index >= 15 is 0 Å². The number of halogens is 2. The van der Waals surface area contributed by atoms with Crippen LogP contribution in [0.25, 0.3) is 38.6 Å². The Kier molecular flexibility index (Phi) is 6.63. The number of hydrogen-bond acceptors (Lipinski definition) is 4. The lowest BCUT2D eigenvalue weighted by Gasteiger charge is -2.18. The van der Waals surface area contributed by atoms with Crippen molar-refractivity contribution >= 4 is 56.8 Å². The van der Waals surface area contributed by atoms with E-state index in [2.05, 4.69) is 4.74 Å². The molecule has 0 N–H and O–H groups in total. The average molecular weight is 533 g/mol. The minimum atomic E-state index is -0.471. The van der Waals surface area contributed by atoms with Gasteiger partial charge in [0.2, 0.25) is 0 Å². The van der Waals surface area contributed by atoms with Crippen LogP contribution in [0, 0.1) is 0 Å². The van der Waals surface area contributed by atoms with Crippen LogP contribution in [0.2, 0.25) is 10.0 Å². The second kappa shape index (κ2) is 9.88. The highest BCUT2D eigenvalue weighted by atomic mass is 35.5. The van der Waals surface area contributed by atoms with Crippen molar-refractivity contribution in [3.63, 3.8) is 0 Å². The summed E-state index contributed by atoms with van der Waals surface area (Å²) >= 11 is 12.7. The number of methoxy groups -OCH3 is 1. The number of carbonyl (C=O) groups excluding carboxylic acids is 2. The van der Waals surface area contributed by atoms with E-state index in [9.17, 15) is 14.4 Å². The lowest BCUT2D eigenvalue weighted by molar-refractivity contribution is -0.140. The minimum Gasteiger partial charge on any atom is -0.469 e. The van der Waals surface area contributed by atoms with Gasteiger partial charge in [0.05, 0.1) is 24.6 Å². The van der Waals surface area contributed by atoms with Gasteiger partial charge in [-0.25, -0.2) is 0 Å². The molecule has 8 heteroatoms. The van der Waals surface area contributed by atoms with Crippen molar-refractivity contribution < 1.29 is 14.3 Å². The Morgan fingerprint density at radius 1 is 0.865 bits per heavy atom. The number of aromatic nitrogens is 2. The molecule has 5 rings (SSSR count). The molecule has 2 heterocycles. The lowest BCUT2D eigenvalue weighted by atomic mass is 9.98. The number of esters is 1. The number of rotatable bonds is 6. The molecule has 2 aromatic heterocycles. The standard InChI is InChI=1S/C29H22Cl2N2O4/c1-32-23-10-8-19(31)15-21(23)27(17-6-4-3-5-7-17)28(29(32)36)33-16-22(25(34)12-13-26(35)37-2)20-14-18(30)9-11-24(20)33/h3-11,14-16H,12-13H2,1-2H3. The number of benzene rings is 3. The summed E-state index contributed by atoms with van der Waals surface area (Å²) in [6.45, 7) is 0. The van der Waals surface area contributed by atoms with E-state index in [1.807, 2.05) is 42.5 Å².